The summed E-state index contributed by atoms with van der Waals surface area (Å²) in [6, 6.07) is 0. The number of hydrogen-bond donors (Lipinski definition) is 0. The van der Waals surface area contributed by atoms with E-state index in [0.29, 0.717) is 24.0 Å². The summed E-state index contributed by atoms with van der Waals surface area (Å²) in [6.07, 6.45) is 0.719. The first-order valence-corrected chi connectivity index (χ1v) is 4.84. The lowest BCUT2D eigenvalue weighted by atomic mass is 9.92. The van der Waals surface area contributed by atoms with Gasteiger partial charge in [0.2, 0.25) is 0 Å². The number of rotatable bonds is 2. The van der Waals surface area contributed by atoms with Crippen LogP contribution in [0.15, 0.2) is 0 Å². The molecule has 0 saturated carbocycles. The molecule has 2 atom stereocenters. The molecular weight excluding hydrogens is 152 g/mol. The second-order valence-electron chi connectivity index (χ2n) is 4.14. The molecule has 2 unspecified atom stereocenters. The first-order chi connectivity index (χ1) is 5.61. The van der Waals surface area contributed by atoms with Gasteiger partial charge >= 0.3 is 0 Å². The minimum Gasteiger partial charge on any atom is -0.381 e. The van der Waals surface area contributed by atoms with Crippen LogP contribution in [-0.2, 0) is 9.47 Å². The lowest BCUT2D eigenvalue weighted by Gasteiger charge is -2.35. The zero-order valence-electron chi connectivity index (χ0n) is 8.54. The van der Waals surface area contributed by atoms with E-state index in [9.17, 15) is 0 Å². The topological polar surface area (TPSA) is 18.5 Å². The molecule has 0 bridgehead atoms. The molecule has 0 aromatic carbocycles. The second kappa shape index (κ2) is 4.24. The van der Waals surface area contributed by atoms with Crippen LogP contribution in [0.5, 0.6) is 0 Å². The fourth-order valence-corrected chi connectivity index (χ4v) is 1.77. The van der Waals surface area contributed by atoms with Gasteiger partial charge < -0.3 is 9.47 Å². The average Bonchev–Trinajstić information content (AvgIpc) is 1.97. The van der Waals surface area contributed by atoms with Gasteiger partial charge in [-0.3, -0.25) is 0 Å². The van der Waals surface area contributed by atoms with E-state index in [1.54, 1.807) is 0 Å². The summed E-state index contributed by atoms with van der Waals surface area (Å²) in [7, 11) is 0. The predicted molar refractivity (Wildman–Crippen MR) is 49.2 cm³/mol. The van der Waals surface area contributed by atoms with Gasteiger partial charge in [0.1, 0.15) is 0 Å². The van der Waals surface area contributed by atoms with Gasteiger partial charge in [-0.2, -0.15) is 0 Å². The van der Waals surface area contributed by atoms with E-state index in [4.69, 9.17) is 9.47 Å². The Hall–Kier alpha value is -0.0800. The molecule has 0 aromatic heterocycles. The van der Waals surface area contributed by atoms with Crippen molar-refractivity contribution in [1.29, 1.82) is 0 Å². The summed E-state index contributed by atoms with van der Waals surface area (Å²) < 4.78 is 11.3. The van der Waals surface area contributed by atoms with Crippen LogP contribution in [-0.4, -0.2) is 25.4 Å². The Balaban J connectivity index is 2.45. The SMILES string of the molecule is CC(C)OC1C(C)COCC1C. The molecule has 0 spiro atoms. The van der Waals surface area contributed by atoms with Crippen LogP contribution in [0.4, 0.5) is 0 Å². The highest BCUT2D eigenvalue weighted by Gasteiger charge is 2.29. The normalized spacial score (nSPS) is 37.2. The van der Waals surface area contributed by atoms with Crippen LogP contribution >= 0.6 is 0 Å². The lowest BCUT2D eigenvalue weighted by molar-refractivity contribution is -0.120. The van der Waals surface area contributed by atoms with E-state index >= 15 is 0 Å². The molecule has 1 rings (SSSR count). The molecule has 1 aliphatic heterocycles. The molecule has 2 nitrogen and oxygen atoms in total. The average molecular weight is 172 g/mol. The largest absolute Gasteiger partial charge is 0.381 e. The van der Waals surface area contributed by atoms with Crippen molar-refractivity contribution in [3.05, 3.63) is 0 Å². The summed E-state index contributed by atoms with van der Waals surface area (Å²) in [5.41, 5.74) is 0. The molecule has 1 aliphatic rings. The van der Waals surface area contributed by atoms with Gasteiger partial charge in [0.15, 0.2) is 0 Å². The van der Waals surface area contributed by atoms with Crippen molar-refractivity contribution in [2.24, 2.45) is 11.8 Å². The smallest absolute Gasteiger partial charge is 0.0673 e. The van der Waals surface area contributed by atoms with Crippen molar-refractivity contribution >= 4 is 0 Å². The molecule has 72 valence electrons. The van der Waals surface area contributed by atoms with E-state index in [-0.39, 0.29) is 0 Å². The Kier molecular flexibility index (Phi) is 3.53. The maximum Gasteiger partial charge on any atom is 0.0673 e. The van der Waals surface area contributed by atoms with Crippen molar-refractivity contribution in [1.82, 2.24) is 0 Å². The fraction of sp³-hybridized carbons (Fsp3) is 1.00. The molecule has 2 heteroatoms. The number of hydrogen-bond acceptors (Lipinski definition) is 2. The maximum absolute atomic E-state index is 5.84. The second-order valence-corrected chi connectivity index (χ2v) is 4.14. The molecule has 0 aromatic rings. The van der Waals surface area contributed by atoms with Gasteiger partial charge in [0, 0.05) is 11.8 Å². The Morgan fingerprint density at radius 2 is 1.67 bits per heavy atom. The molecule has 0 radical (unpaired) electrons. The van der Waals surface area contributed by atoms with E-state index in [2.05, 4.69) is 27.7 Å². The molecule has 1 fully saturated rings. The van der Waals surface area contributed by atoms with Gasteiger partial charge in [-0.1, -0.05) is 13.8 Å². The van der Waals surface area contributed by atoms with Gasteiger partial charge in [0.25, 0.3) is 0 Å². The van der Waals surface area contributed by atoms with Crippen molar-refractivity contribution in [3.63, 3.8) is 0 Å². The molecular formula is C10H20O2. The zero-order valence-corrected chi connectivity index (χ0v) is 8.54. The third-order valence-electron chi connectivity index (χ3n) is 2.31. The summed E-state index contributed by atoms with van der Waals surface area (Å²) in [5, 5.41) is 0. The van der Waals surface area contributed by atoms with Gasteiger partial charge in [-0.25, -0.2) is 0 Å². The van der Waals surface area contributed by atoms with Crippen molar-refractivity contribution in [3.8, 4) is 0 Å². The summed E-state index contributed by atoms with van der Waals surface area (Å²) in [4.78, 5) is 0. The molecule has 0 amide bonds. The first-order valence-electron chi connectivity index (χ1n) is 4.84. The van der Waals surface area contributed by atoms with E-state index < -0.39 is 0 Å². The molecule has 12 heavy (non-hydrogen) atoms. The Labute approximate surface area is 75.2 Å². The third kappa shape index (κ3) is 2.46. The minimum atomic E-state index is 0.331. The number of ether oxygens (including phenoxy) is 2. The van der Waals surface area contributed by atoms with Gasteiger partial charge in [0.05, 0.1) is 25.4 Å². The highest BCUT2D eigenvalue weighted by Crippen LogP contribution is 2.23. The van der Waals surface area contributed by atoms with E-state index in [1.807, 2.05) is 0 Å². The Bertz CT molecular complexity index is 124. The van der Waals surface area contributed by atoms with Crippen LogP contribution in [0, 0.1) is 11.8 Å². The molecule has 1 heterocycles. The fourth-order valence-electron chi connectivity index (χ4n) is 1.77. The maximum atomic E-state index is 5.84. The monoisotopic (exact) mass is 172 g/mol. The van der Waals surface area contributed by atoms with Crippen LogP contribution < -0.4 is 0 Å². The standard InChI is InChI=1S/C10H20O2/c1-7(2)12-10-8(3)5-11-6-9(10)4/h7-10H,5-6H2,1-4H3. The van der Waals surface area contributed by atoms with Gasteiger partial charge in [-0.05, 0) is 13.8 Å². The highest BCUT2D eigenvalue weighted by molar-refractivity contribution is 4.76. The van der Waals surface area contributed by atoms with Gasteiger partial charge in [-0.15, -0.1) is 0 Å². The van der Waals surface area contributed by atoms with E-state index in [0.717, 1.165) is 13.2 Å². The van der Waals surface area contributed by atoms with Crippen LogP contribution in [0.25, 0.3) is 0 Å². The minimum absolute atomic E-state index is 0.331. The van der Waals surface area contributed by atoms with Crippen LogP contribution in [0.1, 0.15) is 27.7 Å². The van der Waals surface area contributed by atoms with E-state index in [1.165, 1.54) is 0 Å². The molecule has 0 N–H and O–H groups in total. The summed E-state index contributed by atoms with van der Waals surface area (Å²) in [5.74, 6) is 1.08. The van der Waals surface area contributed by atoms with Crippen molar-refractivity contribution in [2.45, 2.75) is 39.9 Å². The zero-order chi connectivity index (χ0) is 9.14. The lowest BCUT2D eigenvalue weighted by Crippen LogP contribution is -2.40. The van der Waals surface area contributed by atoms with Crippen LogP contribution in [0.2, 0.25) is 0 Å². The van der Waals surface area contributed by atoms with Crippen molar-refractivity contribution in [2.75, 3.05) is 13.2 Å². The Morgan fingerprint density at radius 1 is 1.17 bits per heavy atom. The Morgan fingerprint density at radius 3 is 2.08 bits per heavy atom. The predicted octanol–water partition coefficient (Wildman–Crippen LogP) is 2.08. The first kappa shape index (κ1) is 10.0. The van der Waals surface area contributed by atoms with Crippen molar-refractivity contribution < 1.29 is 9.47 Å². The highest BCUT2D eigenvalue weighted by atomic mass is 16.5. The third-order valence-corrected chi connectivity index (χ3v) is 2.31. The summed E-state index contributed by atoms with van der Waals surface area (Å²) >= 11 is 0. The molecule has 0 aliphatic carbocycles. The molecule has 1 saturated heterocycles. The summed E-state index contributed by atoms with van der Waals surface area (Å²) in [6.45, 7) is 10.3. The quantitative estimate of drug-likeness (QED) is 0.635. The van der Waals surface area contributed by atoms with Crippen LogP contribution in [0.3, 0.4) is 0 Å².